The van der Waals surface area contributed by atoms with Gasteiger partial charge in [0.05, 0.1) is 0 Å². The van der Waals surface area contributed by atoms with Gasteiger partial charge in [-0.1, -0.05) is 32.6 Å². The Morgan fingerprint density at radius 1 is 1.08 bits per heavy atom. The van der Waals surface area contributed by atoms with Gasteiger partial charge >= 0.3 is 5.97 Å². The number of nitrogens with zero attached hydrogens (tertiary/aromatic N) is 1. The maximum Gasteiger partial charge on any atom is 0.326 e. The Balaban J connectivity index is 2.01. The molecule has 24 heavy (non-hydrogen) atoms. The van der Waals surface area contributed by atoms with Gasteiger partial charge in [-0.2, -0.15) is 0 Å². The van der Waals surface area contributed by atoms with Gasteiger partial charge in [-0.3, -0.25) is 9.59 Å². The second kappa shape index (κ2) is 9.04. The highest BCUT2D eigenvalue weighted by Gasteiger charge is 2.39. The molecule has 0 aromatic carbocycles. The summed E-state index contributed by atoms with van der Waals surface area (Å²) in [5.74, 6) is -1.81. The number of aliphatic carboxylic acids is 1. The number of hydrogen-bond donors (Lipinski definition) is 2. The Morgan fingerprint density at radius 3 is 2.29 bits per heavy atom. The molecule has 2 fully saturated rings. The van der Waals surface area contributed by atoms with E-state index in [2.05, 4.69) is 5.32 Å². The van der Waals surface area contributed by atoms with Crippen molar-refractivity contribution in [2.24, 2.45) is 11.8 Å². The molecule has 2 rings (SSSR count). The molecule has 1 saturated carbocycles. The van der Waals surface area contributed by atoms with Crippen molar-refractivity contribution in [2.45, 2.75) is 70.8 Å². The standard InChI is InChI=1S/C18H30N2O4/c1-2-3-10-15(18(23)24)19-16(21)13-8-4-5-9-14(13)17(22)20-11-6-7-12-20/h13-15H,2-12H2,1H3,(H,19,21)(H,23,24)/t13?,14?,15-/m0/s1. The molecule has 1 saturated heterocycles. The third-order valence-corrected chi connectivity index (χ3v) is 5.30. The minimum Gasteiger partial charge on any atom is -0.480 e. The van der Waals surface area contributed by atoms with Crippen LogP contribution in [0.3, 0.4) is 0 Å². The number of rotatable bonds is 7. The molecule has 2 aliphatic rings. The Labute approximate surface area is 144 Å². The Hall–Kier alpha value is -1.59. The summed E-state index contributed by atoms with van der Waals surface area (Å²) in [6.07, 6.45) is 7.46. The van der Waals surface area contributed by atoms with E-state index in [4.69, 9.17) is 0 Å². The predicted octanol–water partition coefficient (Wildman–Crippen LogP) is 2.17. The average Bonchev–Trinajstić information content (AvgIpc) is 3.12. The highest BCUT2D eigenvalue weighted by molar-refractivity contribution is 5.90. The van der Waals surface area contributed by atoms with Crippen LogP contribution in [0.4, 0.5) is 0 Å². The first-order valence-corrected chi connectivity index (χ1v) is 9.36. The van der Waals surface area contributed by atoms with E-state index in [0.717, 1.165) is 58.0 Å². The number of unbranched alkanes of at least 4 members (excludes halogenated alkanes) is 1. The number of carbonyl (C=O) groups is 3. The van der Waals surface area contributed by atoms with E-state index in [9.17, 15) is 19.5 Å². The van der Waals surface area contributed by atoms with Crippen LogP contribution in [-0.2, 0) is 14.4 Å². The fourth-order valence-electron chi connectivity index (χ4n) is 3.86. The number of likely N-dealkylation sites (tertiary alicyclic amines) is 1. The largest absolute Gasteiger partial charge is 0.480 e. The van der Waals surface area contributed by atoms with Crippen LogP contribution in [0.15, 0.2) is 0 Å². The number of carbonyl (C=O) groups excluding carboxylic acids is 2. The summed E-state index contributed by atoms with van der Waals surface area (Å²) >= 11 is 0. The molecular weight excluding hydrogens is 308 g/mol. The van der Waals surface area contributed by atoms with Crippen LogP contribution >= 0.6 is 0 Å². The van der Waals surface area contributed by atoms with Crippen LogP contribution in [-0.4, -0.2) is 46.9 Å². The quantitative estimate of drug-likeness (QED) is 0.745. The van der Waals surface area contributed by atoms with Crippen LogP contribution in [0.25, 0.3) is 0 Å². The second-order valence-corrected chi connectivity index (χ2v) is 7.07. The zero-order chi connectivity index (χ0) is 17.5. The first-order valence-electron chi connectivity index (χ1n) is 9.36. The lowest BCUT2D eigenvalue weighted by Gasteiger charge is -2.33. The van der Waals surface area contributed by atoms with E-state index >= 15 is 0 Å². The van der Waals surface area contributed by atoms with Crippen molar-refractivity contribution in [1.82, 2.24) is 10.2 Å². The average molecular weight is 338 g/mol. The van der Waals surface area contributed by atoms with E-state index in [1.54, 1.807) is 0 Å². The molecule has 1 heterocycles. The molecule has 2 amide bonds. The molecule has 0 radical (unpaired) electrons. The third kappa shape index (κ3) is 4.71. The summed E-state index contributed by atoms with van der Waals surface area (Å²) < 4.78 is 0. The van der Waals surface area contributed by atoms with Crippen LogP contribution < -0.4 is 5.32 Å². The minimum absolute atomic E-state index is 0.0905. The first kappa shape index (κ1) is 18.7. The lowest BCUT2D eigenvalue weighted by molar-refractivity contribution is -0.146. The van der Waals surface area contributed by atoms with Crippen molar-refractivity contribution < 1.29 is 19.5 Å². The summed E-state index contributed by atoms with van der Waals surface area (Å²) in [6, 6.07) is -0.845. The van der Waals surface area contributed by atoms with Gasteiger partial charge in [0.25, 0.3) is 0 Å². The lowest BCUT2D eigenvalue weighted by Crippen LogP contribution is -2.49. The predicted molar refractivity (Wildman–Crippen MR) is 90.4 cm³/mol. The number of carboxylic acid groups (broad SMARTS) is 1. The van der Waals surface area contributed by atoms with E-state index in [1.165, 1.54) is 0 Å². The molecular formula is C18H30N2O4. The molecule has 1 aliphatic carbocycles. The zero-order valence-electron chi connectivity index (χ0n) is 14.6. The molecule has 1 aliphatic heterocycles. The maximum atomic E-state index is 12.7. The van der Waals surface area contributed by atoms with Gasteiger partial charge in [0, 0.05) is 24.9 Å². The van der Waals surface area contributed by atoms with E-state index in [-0.39, 0.29) is 23.7 Å². The van der Waals surface area contributed by atoms with Crippen molar-refractivity contribution in [3.8, 4) is 0 Å². The van der Waals surface area contributed by atoms with Gasteiger partial charge in [-0.05, 0) is 32.1 Å². The van der Waals surface area contributed by atoms with Gasteiger partial charge < -0.3 is 15.3 Å². The van der Waals surface area contributed by atoms with Gasteiger partial charge in [-0.25, -0.2) is 4.79 Å². The molecule has 2 N–H and O–H groups in total. The minimum atomic E-state index is -0.991. The first-order chi connectivity index (χ1) is 11.5. The molecule has 0 aromatic heterocycles. The molecule has 136 valence electrons. The van der Waals surface area contributed by atoms with Gasteiger partial charge in [0.1, 0.15) is 6.04 Å². The third-order valence-electron chi connectivity index (χ3n) is 5.30. The van der Waals surface area contributed by atoms with Crippen LogP contribution in [0.1, 0.15) is 64.7 Å². The fourth-order valence-corrected chi connectivity index (χ4v) is 3.86. The lowest BCUT2D eigenvalue weighted by atomic mass is 9.77. The van der Waals surface area contributed by atoms with E-state index in [0.29, 0.717) is 12.8 Å². The molecule has 2 unspecified atom stereocenters. The van der Waals surface area contributed by atoms with Crippen molar-refractivity contribution >= 4 is 17.8 Å². The van der Waals surface area contributed by atoms with Crippen molar-refractivity contribution in [3.05, 3.63) is 0 Å². The summed E-state index contributed by atoms with van der Waals surface area (Å²) in [4.78, 5) is 38.6. The fraction of sp³-hybridized carbons (Fsp3) is 0.833. The normalized spacial score (nSPS) is 25.3. The van der Waals surface area contributed by atoms with Gasteiger partial charge in [0.2, 0.25) is 11.8 Å². The van der Waals surface area contributed by atoms with Crippen LogP contribution in [0.5, 0.6) is 0 Å². The Kier molecular flexibility index (Phi) is 7.06. The maximum absolute atomic E-state index is 12.7. The summed E-state index contributed by atoms with van der Waals surface area (Å²) in [5, 5.41) is 12.0. The Bertz CT molecular complexity index is 460. The van der Waals surface area contributed by atoms with E-state index < -0.39 is 12.0 Å². The highest BCUT2D eigenvalue weighted by atomic mass is 16.4. The summed E-state index contributed by atoms with van der Waals surface area (Å²) in [7, 11) is 0. The van der Waals surface area contributed by atoms with Crippen molar-refractivity contribution in [1.29, 1.82) is 0 Å². The molecule has 3 atom stereocenters. The molecule has 0 bridgehead atoms. The van der Waals surface area contributed by atoms with Crippen molar-refractivity contribution in [3.63, 3.8) is 0 Å². The number of carboxylic acids is 1. The number of amides is 2. The monoisotopic (exact) mass is 338 g/mol. The highest BCUT2D eigenvalue weighted by Crippen LogP contribution is 2.32. The number of nitrogens with one attached hydrogen (secondary N) is 1. The summed E-state index contributed by atoms with van der Waals surface area (Å²) in [6.45, 7) is 3.57. The second-order valence-electron chi connectivity index (χ2n) is 7.07. The molecule has 6 heteroatoms. The molecule has 6 nitrogen and oxygen atoms in total. The van der Waals surface area contributed by atoms with Crippen LogP contribution in [0, 0.1) is 11.8 Å². The molecule has 0 spiro atoms. The van der Waals surface area contributed by atoms with Gasteiger partial charge in [0.15, 0.2) is 0 Å². The van der Waals surface area contributed by atoms with E-state index in [1.807, 2.05) is 11.8 Å². The molecule has 0 aromatic rings. The zero-order valence-corrected chi connectivity index (χ0v) is 14.6. The van der Waals surface area contributed by atoms with Crippen molar-refractivity contribution in [2.75, 3.05) is 13.1 Å². The summed E-state index contributed by atoms with van der Waals surface area (Å²) in [5.41, 5.74) is 0. The smallest absolute Gasteiger partial charge is 0.326 e. The van der Waals surface area contributed by atoms with Gasteiger partial charge in [-0.15, -0.1) is 0 Å². The van der Waals surface area contributed by atoms with Crippen LogP contribution in [0.2, 0.25) is 0 Å². The SMILES string of the molecule is CCCC[C@H](NC(=O)C1CCCCC1C(=O)N1CCCC1)C(=O)O. The number of hydrogen-bond acceptors (Lipinski definition) is 3. The topological polar surface area (TPSA) is 86.7 Å². The Morgan fingerprint density at radius 2 is 1.71 bits per heavy atom.